The summed E-state index contributed by atoms with van der Waals surface area (Å²) in [4.78, 5) is 0. The van der Waals surface area contributed by atoms with Gasteiger partial charge in [0.05, 0.1) is 13.7 Å². The van der Waals surface area contributed by atoms with Gasteiger partial charge in [-0.25, -0.2) is 4.68 Å². The van der Waals surface area contributed by atoms with Crippen LogP contribution in [0.2, 0.25) is 0 Å². The zero-order valence-corrected chi connectivity index (χ0v) is 14.2. The van der Waals surface area contributed by atoms with E-state index in [0.29, 0.717) is 17.9 Å². The lowest BCUT2D eigenvalue weighted by molar-refractivity contribution is -0.228. The van der Waals surface area contributed by atoms with Gasteiger partial charge in [0.25, 0.3) is 0 Å². The molecule has 0 saturated carbocycles. The largest absolute Gasteiger partial charge is 0.497 e. The average molecular weight is 345 g/mol. The van der Waals surface area contributed by atoms with Crippen LogP contribution in [0.5, 0.6) is 5.75 Å². The first-order valence-electron chi connectivity index (χ1n) is 8.24. The molecule has 8 nitrogen and oxygen atoms in total. The summed E-state index contributed by atoms with van der Waals surface area (Å²) in [6.07, 6.45) is -1.69. The summed E-state index contributed by atoms with van der Waals surface area (Å²) in [5.74, 6) is -0.0559. The highest BCUT2D eigenvalue weighted by Crippen LogP contribution is 2.53. The van der Waals surface area contributed by atoms with E-state index in [2.05, 4.69) is 10.3 Å². The van der Waals surface area contributed by atoms with E-state index in [1.165, 1.54) is 0 Å². The maximum atomic E-state index is 11.6. The van der Waals surface area contributed by atoms with Crippen molar-refractivity contribution in [2.75, 3.05) is 7.11 Å². The Morgan fingerprint density at radius 2 is 2.00 bits per heavy atom. The molecule has 0 bridgehead atoms. The third kappa shape index (κ3) is 1.96. The molecule has 0 radical (unpaired) electrons. The Balaban J connectivity index is 1.60. The van der Waals surface area contributed by atoms with Crippen LogP contribution in [0.3, 0.4) is 0 Å². The van der Waals surface area contributed by atoms with E-state index in [9.17, 15) is 5.11 Å². The van der Waals surface area contributed by atoms with Crippen molar-refractivity contribution in [3.8, 4) is 17.0 Å². The first-order chi connectivity index (χ1) is 11.9. The fourth-order valence-corrected chi connectivity index (χ4v) is 3.98. The predicted molar refractivity (Wildman–Crippen MR) is 84.6 cm³/mol. The molecule has 4 unspecified atom stereocenters. The summed E-state index contributed by atoms with van der Waals surface area (Å²) in [7, 11) is 1.62. The van der Waals surface area contributed by atoms with Gasteiger partial charge in [0.2, 0.25) is 0 Å². The van der Waals surface area contributed by atoms with Crippen LogP contribution < -0.4 is 4.74 Å². The van der Waals surface area contributed by atoms with Crippen molar-refractivity contribution < 1.29 is 24.1 Å². The van der Waals surface area contributed by atoms with Gasteiger partial charge in [0.1, 0.15) is 29.3 Å². The van der Waals surface area contributed by atoms with Gasteiger partial charge in [0.15, 0.2) is 17.7 Å². The van der Waals surface area contributed by atoms with Gasteiger partial charge < -0.3 is 24.1 Å². The van der Waals surface area contributed by atoms with E-state index >= 15 is 0 Å². The van der Waals surface area contributed by atoms with Crippen LogP contribution in [0.25, 0.3) is 11.3 Å². The quantitative estimate of drug-likeness (QED) is 0.870. The lowest BCUT2D eigenvalue weighted by Crippen LogP contribution is -2.44. The zero-order valence-electron chi connectivity index (χ0n) is 14.2. The molecular weight excluding hydrogens is 326 g/mol. The van der Waals surface area contributed by atoms with Crippen molar-refractivity contribution >= 4 is 0 Å². The molecule has 2 aromatic rings. The van der Waals surface area contributed by atoms with Crippen LogP contribution in [-0.4, -0.2) is 51.5 Å². The number of nitrogens with zero attached hydrogens (tertiary/aromatic N) is 3. The van der Waals surface area contributed by atoms with Crippen LogP contribution in [0, 0.1) is 0 Å². The van der Waals surface area contributed by atoms with Crippen LogP contribution in [0.4, 0.5) is 0 Å². The molecule has 0 spiro atoms. The molecule has 2 saturated heterocycles. The molecule has 1 N–H and O–H groups in total. The van der Waals surface area contributed by atoms with Crippen molar-refractivity contribution in [1.82, 2.24) is 15.0 Å². The van der Waals surface area contributed by atoms with Gasteiger partial charge in [-0.1, -0.05) is 5.21 Å². The summed E-state index contributed by atoms with van der Waals surface area (Å²) < 4.78 is 24.5. The van der Waals surface area contributed by atoms with Crippen LogP contribution >= 0.6 is 0 Å². The summed E-state index contributed by atoms with van der Waals surface area (Å²) in [5.41, 5.74) is 0.719. The van der Waals surface area contributed by atoms with Gasteiger partial charge in [-0.15, -0.1) is 5.10 Å². The van der Waals surface area contributed by atoms with Crippen molar-refractivity contribution in [1.29, 1.82) is 0 Å². The first kappa shape index (κ1) is 15.3. The molecule has 2 fully saturated rings. The second-order valence-corrected chi connectivity index (χ2v) is 7.07. The molecule has 0 aliphatic carbocycles. The highest BCUT2D eigenvalue weighted by Gasteiger charge is 2.68. The number of aliphatic hydroxyl groups is 1. The molecule has 8 heteroatoms. The van der Waals surface area contributed by atoms with E-state index in [4.69, 9.17) is 18.9 Å². The highest BCUT2D eigenvalue weighted by molar-refractivity contribution is 5.64. The van der Waals surface area contributed by atoms with Crippen LogP contribution in [0.1, 0.15) is 19.5 Å². The summed E-state index contributed by atoms with van der Waals surface area (Å²) >= 11 is 0. The Kier molecular flexibility index (Phi) is 2.93. The highest BCUT2D eigenvalue weighted by atomic mass is 16.8. The zero-order chi connectivity index (χ0) is 17.4. The Bertz CT molecular complexity index is 833. The van der Waals surface area contributed by atoms with E-state index < -0.39 is 29.9 Å². The van der Waals surface area contributed by atoms with E-state index in [-0.39, 0.29) is 0 Å². The van der Waals surface area contributed by atoms with Crippen molar-refractivity contribution in [3.63, 3.8) is 0 Å². The minimum absolute atomic E-state index is 0.412. The molecule has 1 aromatic heterocycles. The fraction of sp³-hybridized carbons (Fsp3) is 0.529. The molecule has 25 heavy (non-hydrogen) atoms. The number of fused-ring (bicyclic) bond motifs is 5. The first-order valence-corrected chi connectivity index (χ1v) is 8.24. The summed E-state index contributed by atoms with van der Waals surface area (Å²) in [6.45, 7) is 4.03. The molecule has 0 amide bonds. The topological polar surface area (TPSA) is 87.9 Å². The molecule has 4 heterocycles. The Labute approximate surface area is 144 Å². The number of hydrogen-bond donors (Lipinski definition) is 1. The van der Waals surface area contributed by atoms with Gasteiger partial charge in [-0.3, -0.25) is 0 Å². The van der Waals surface area contributed by atoms with Crippen molar-refractivity contribution in [2.24, 2.45) is 0 Å². The number of benzene rings is 1. The molecule has 1 aromatic carbocycles. The Morgan fingerprint density at radius 1 is 1.24 bits per heavy atom. The third-order valence-corrected chi connectivity index (χ3v) is 5.10. The van der Waals surface area contributed by atoms with Crippen LogP contribution in [-0.2, 0) is 26.4 Å². The second-order valence-electron chi connectivity index (χ2n) is 7.07. The summed E-state index contributed by atoms with van der Waals surface area (Å²) in [6, 6.07) is 7.49. The predicted octanol–water partition coefficient (Wildman–Crippen LogP) is 1.03. The van der Waals surface area contributed by atoms with Gasteiger partial charge in [-0.2, -0.15) is 0 Å². The SMILES string of the molecule is COc1ccc(-c2nnn3c2C2(O)C(C3)OC3OC(C)(C)OC32)cc1. The maximum absolute atomic E-state index is 11.6. The fourth-order valence-electron chi connectivity index (χ4n) is 3.98. The molecule has 3 aliphatic heterocycles. The molecule has 132 valence electrons. The monoisotopic (exact) mass is 345 g/mol. The van der Waals surface area contributed by atoms with Crippen LogP contribution in [0.15, 0.2) is 24.3 Å². The molecular formula is C17H19N3O5. The minimum atomic E-state index is -1.35. The summed E-state index contributed by atoms with van der Waals surface area (Å²) in [5, 5.41) is 20.0. The number of aromatic nitrogens is 3. The number of rotatable bonds is 2. The number of ether oxygens (including phenoxy) is 4. The average Bonchev–Trinajstić information content (AvgIpc) is 3.26. The lowest BCUT2D eigenvalue weighted by atomic mass is 9.89. The van der Waals surface area contributed by atoms with Crippen molar-refractivity contribution in [3.05, 3.63) is 30.0 Å². The van der Waals surface area contributed by atoms with E-state index in [0.717, 1.165) is 11.3 Å². The van der Waals surface area contributed by atoms with Gasteiger partial charge >= 0.3 is 0 Å². The smallest absolute Gasteiger partial charge is 0.191 e. The number of hydrogen-bond acceptors (Lipinski definition) is 7. The normalized spacial score (nSPS) is 34.6. The Morgan fingerprint density at radius 3 is 2.72 bits per heavy atom. The number of methoxy groups -OCH3 is 1. The van der Waals surface area contributed by atoms with E-state index in [1.54, 1.807) is 11.8 Å². The third-order valence-electron chi connectivity index (χ3n) is 5.10. The van der Waals surface area contributed by atoms with Gasteiger partial charge in [0, 0.05) is 5.56 Å². The Hall–Kier alpha value is -2.00. The molecule has 4 atom stereocenters. The van der Waals surface area contributed by atoms with E-state index in [1.807, 2.05) is 38.1 Å². The lowest BCUT2D eigenvalue weighted by Gasteiger charge is -2.28. The second kappa shape index (κ2) is 4.79. The van der Waals surface area contributed by atoms with Crippen molar-refractivity contribution in [2.45, 2.75) is 50.3 Å². The maximum Gasteiger partial charge on any atom is 0.191 e. The van der Waals surface area contributed by atoms with Gasteiger partial charge in [-0.05, 0) is 38.1 Å². The molecule has 5 rings (SSSR count). The minimum Gasteiger partial charge on any atom is -0.497 e. The molecule has 3 aliphatic rings. The standard InChI is InChI=1S/C17H19N3O5/c1-16(2)24-14-15(25-16)23-11-8-20-13(17(11,14)21)12(18-19-20)9-4-6-10(22-3)7-5-9/h4-7,11,14-15,21H,8H2,1-3H3.